The van der Waals surface area contributed by atoms with E-state index in [1.165, 1.54) is 13.3 Å². The third-order valence-corrected chi connectivity index (χ3v) is 8.25. The maximum Gasteiger partial charge on any atom is 0.220 e. The van der Waals surface area contributed by atoms with Crippen molar-refractivity contribution in [3.05, 3.63) is 45.6 Å². The molecular formula is C32H44N4O6. The fourth-order valence-corrected chi connectivity index (χ4v) is 6.19. The van der Waals surface area contributed by atoms with E-state index in [0.29, 0.717) is 73.3 Å². The van der Waals surface area contributed by atoms with Gasteiger partial charge in [-0.25, -0.2) is 0 Å². The zero-order chi connectivity index (χ0) is 30.2. The number of likely N-dealkylation sites (N-methyl/N-ethyl adjacent to an activating group) is 1. The number of hydrogen-bond donors (Lipinski definition) is 3. The number of fused-ring (bicyclic) bond motifs is 3. The van der Waals surface area contributed by atoms with E-state index in [9.17, 15) is 14.4 Å². The number of carbonyl (C=O) groups excluding carboxylic acids is 2. The van der Waals surface area contributed by atoms with Gasteiger partial charge in [-0.3, -0.25) is 19.3 Å². The minimum Gasteiger partial charge on any atom is -0.493 e. The Hall–Kier alpha value is -3.79. The fraction of sp³-hybridized carbons (Fsp3) is 0.531. The highest BCUT2D eigenvalue weighted by molar-refractivity contribution is 5.83. The van der Waals surface area contributed by atoms with Crippen molar-refractivity contribution in [3.63, 3.8) is 0 Å². The molecule has 10 heteroatoms. The monoisotopic (exact) mass is 580 g/mol. The fourth-order valence-electron chi connectivity index (χ4n) is 6.19. The molecule has 4 rings (SSSR count). The number of nitrogens with zero attached hydrogens (tertiary/aromatic N) is 1. The van der Waals surface area contributed by atoms with Crippen molar-refractivity contribution in [2.75, 3.05) is 52.8 Å². The quantitative estimate of drug-likeness (QED) is 0.326. The van der Waals surface area contributed by atoms with E-state index >= 15 is 0 Å². The highest BCUT2D eigenvalue weighted by Crippen LogP contribution is 2.50. The summed E-state index contributed by atoms with van der Waals surface area (Å²) >= 11 is 0. The van der Waals surface area contributed by atoms with Crippen LogP contribution in [-0.4, -0.2) is 70.3 Å². The summed E-state index contributed by atoms with van der Waals surface area (Å²) in [6, 6.07) is 7.23. The topological polar surface area (TPSA) is 118 Å². The molecule has 0 spiro atoms. The van der Waals surface area contributed by atoms with E-state index in [1.54, 1.807) is 33.5 Å². The number of likely N-dealkylation sites (tertiary alicyclic amines) is 1. The molecule has 3 N–H and O–H groups in total. The van der Waals surface area contributed by atoms with Crippen LogP contribution in [0, 0.1) is 0 Å². The van der Waals surface area contributed by atoms with Gasteiger partial charge in [0.25, 0.3) is 0 Å². The summed E-state index contributed by atoms with van der Waals surface area (Å²) in [6.07, 6.45) is 4.50. The van der Waals surface area contributed by atoms with E-state index in [-0.39, 0.29) is 23.3 Å². The minimum absolute atomic E-state index is 0.0265. The minimum atomic E-state index is -0.369. The molecule has 1 aliphatic heterocycles. The molecule has 2 amide bonds. The van der Waals surface area contributed by atoms with E-state index < -0.39 is 0 Å². The Morgan fingerprint density at radius 2 is 1.83 bits per heavy atom. The second kappa shape index (κ2) is 14.4. The summed E-state index contributed by atoms with van der Waals surface area (Å²) in [6.45, 7) is 6.89. The van der Waals surface area contributed by atoms with Gasteiger partial charge >= 0.3 is 0 Å². The van der Waals surface area contributed by atoms with Crippen LogP contribution in [-0.2, 0) is 16.0 Å². The first kappa shape index (κ1) is 31.2. The smallest absolute Gasteiger partial charge is 0.220 e. The Bertz CT molecular complexity index is 1350. The van der Waals surface area contributed by atoms with Crippen LogP contribution in [0.25, 0.3) is 11.1 Å². The van der Waals surface area contributed by atoms with E-state index in [0.717, 1.165) is 36.2 Å². The lowest BCUT2D eigenvalue weighted by molar-refractivity contribution is -0.121. The average Bonchev–Trinajstić information content (AvgIpc) is 3.32. The van der Waals surface area contributed by atoms with Crippen LogP contribution in [0.2, 0.25) is 0 Å². The molecule has 1 aliphatic carbocycles. The van der Waals surface area contributed by atoms with Gasteiger partial charge in [0.05, 0.1) is 33.1 Å². The highest BCUT2D eigenvalue weighted by Gasteiger charge is 2.29. The Labute approximate surface area is 248 Å². The largest absolute Gasteiger partial charge is 0.493 e. The number of nitrogens with one attached hydrogen (secondary N) is 3. The standard InChI is InChI=1S/C32H44N4O6/c1-6-36-16-8-9-22(36)19-34-29(39)10-7-15-33-26-14-12-23-24(18-27(26)38)25(35-20(2)37)13-11-21-17-28(40-3)31(41-4)32(42-5)30(21)23/h12,14,17-18,22,25H,6-11,13,15-16,19H2,1-5H3,(H,33,38)(H,34,39)(H,35,37)/t22-,25+/m1/s1. The number of rotatable bonds is 12. The first-order chi connectivity index (χ1) is 20.3. The number of ether oxygens (including phenoxy) is 3. The molecule has 2 aromatic carbocycles. The van der Waals surface area contributed by atoms with Crippen LogP contribution in [0.4, 0.5) is 5.69 Å². The maximum absolute atomic E-state index is 13.4. The lowest BCUT2D eigenvalue weighted by Gasteiger charge is -2.22. The van der Waals surface area contributed by atoms with Crippen molar-refractivity contribution in [2.24, 2.45) is 0 Å². The molecule has 2 aromatic rings. The van der Waals surface area contributed by atoms with Gasteiger partial charge in [0.15, 0.2) is 11.5 Å². The summed E-state index contributed by atoms with van der Waals surface area (Å²) in [5.41, 5.74) is 3.49. The van der Waals surface area contributed by atoms with Crippen molar-refractivity contribution in [2.45, 2.75) is 64.5 Å². The van der Waals surface area contributed by atoms with Gasteiger partial charge in [-0.1, -0.05) is 13.0 Å². The van der Waals surface area contributed by atoms with Gasteiger partial charge in [-0.2, -0.15) is 0 Å². The molecule has 0 aromatic heterocycles. The number of carbonyl (C=O) groups is 2. The second-order valence-corrected chi connectivity index (χ2v) is 10.9. The van der Waals surface area contributed by atoms with Crippen LogP contribution < -0.4 is 35.6 Å². The average molecular weight is 581 g/mol. The highest BCUT2D eigenvalue weighted by atomic mass is 16.5. The molecule has 1 saturated heterocycles. The molecule has 2 atom stereocenters. The third-order valence-electron chi connectivity index (χ3n) is 8.25. The van der Waals surface area contributed by atoms with Crippen molar-refractivity contribution < 1.29 is 23.8 Å². The van der Waals surface area contributed by atoms with Gasteiger partial charge in [0.1, 0.15) is 0 Å². The summed E-state index contributed by atoms with van der Waals surface area (Å²) in [7, 11) is 4.71. The molecule has 42 heavy (non-hydrogen) atoms. The number of hydrogen-bond acceptors (Lipinski definition) is 8. The zero-order valence-electron chi connectivity index (χ0n) is 25.4. The molecule has 10 nitrogen and oxygen atoms in total. The summed E-state index contributed by atoms with van der Waals surface area (Å²) in [4.78, 5) is 40.4. The van der Waals surface area contributed by atoms with Crippen molar-refractivity contribution >= 4 is 17.5 Å². The number of methoxy groups -OCH3 is 3. The lowest BCUT2D eigenvalue weighted by Crippen LogP contribution is -2.40. The predicted octanol–water partition coefficient (Wildman–Crippen LogP) is 3.66. The van der Waals surface area contributed by atoms with Gasteiger partial charge in [-0.15, -0.1) is 0 Å². The Morgan fingerprint density at radius 3 is 2.52 bits per heavy atom. The van der Waals surface area contributed by atoms with Crippen LogP contribution in [0.3, 0.4) is 0 Å². The lowest BCUT2D eigenvalue weighted by atomic mass is 9.95. The maximum atomic E-state index is 13.4. The summed E-state index contributed by atoms with van der Waals surface area (Å²) in [5.74, 6) is 1.37. The number of anilines is 1. The molecule has 1 fully saturated rings. The SMILES string of the molecule is CCN1CCC[C@@H]1CNC(=O)CCCNc1ccc2c(cc1=O)[C@@H](NC(C)=O)CCc1cc(OC)c(OC)c(OC)c1-2. The molecule has 1 heterocycles. The van der Waals surface area contributed by atoms with E-state index in [1.807, 2.05) is 12.1 Å². The van der Waals surface area contributed by atoms with Crippen LogP contribution in [0.5, 0.6) is 17.2 Å². The summed E-state index contributed by atoms with van der Waals surface area (Å²) in [5, 5.41) is 9.32. The van der Waals surface area contributed by atoms with Gasteiger partial charge in [0.2, 0.25) is 23.0 Å². The van der Waals surface area contributed by atoms with Gasteiger partial charge in [0, 0.05) is 38.0 Å². The number of amides is 2. The molecule has 0 unspecified atom stereocenters. The number of aryl methyl sites for hydroxylation is 1. The van der Waals surface area contributed by atoms with Gasteiger partial charge in [-0.05, 0) is 80.1 Å². The first-order valence-electron chi connectivity index (χ1n) is 14.8. The van der Waals surface area contributed by atoms with Gasteiger partial charge < -0.3 is 30.2 Å². The van der Waals surface area contributed by atoms with Crippen LogP contribution in [0.1, 0.15) is 63.1 Å². The summed E-state index contributed by atoms with van der Waals surface area (Å²) < 4.78 is 17.1. The number of benzene rings is 1. The molecule has 228 valence electrons. The Kier molecular flexibility index (Phi) is 10.7. The van der Waals surface area contributed by atoms with Crippen molar-refractivity contribution in [1.82, 2.24) is 15.5 Å². The zero-order valence-corrected chi connectivity index (χ0v) is 25.4. The predicted molar refractivity (Wildman–Crippen MR) is 164 cm³/mol. The first-order valence-corrected chi connectivity index (χ1v) is 14.8. The van der Waals surface area contributed by atoms with E-state index in [2.05, 4.69) is 27.8 Å². The normalized spacial score (nSPS) is 17.8. The van der Waals surface area contributed by atoms with Crippen LogP contribution in [0.15, 0.2) is 29.1 Å². The molecule has 0 bridgehead atoms. The van der Waals surface area contributed by atoms with Crippen molar-refractivity contribution in [3.8, 4) is 28.4 Å². The third kappa shape index (κ3) is 6.98. The second-order valence-electron chi connectivity index (χ2n) is 10.9. The molecule has 2 aliphatic rings. The molecular weight excluding hydrogens is 536 g/mol. The Morgan fingerprint density at radius 1 is 1.05 bits per heavy atom. The van der Waals surface area contributed by atoms with E-state index in [4.69, 9.17) is 14.2 Å². The Balaban J connectivity index is 1.56. The van der Waals surface area contributed by atoms with Crippen molar-refractivity contribution in [1.29, 1.82) is 0 Å². The molecule has 0 radical (unpaired) electrons. The molecule has 0 saturated carbocycles. The van der Waals surface area contributed by atoms with Crippen LogP contribution >= 0.6 is 0 Å².